The van der Waals surface area contributed by atoms with Crippen LogP contribution in [0, 0.1) is 6.92 Å². The number of guanidine groups is 1. The van der Waals surface area contributed by atoms with E-state index in [1.807, 2.05) is 4.57 Å². The Morgan fingerprint density at radius 1 is 1.27 bits per heavy atom. The van der Waals surface area contributed by atoms with Crippen molar-refractivity contribution >= 4 is 11.6 Å². The number of hydrogen-bond acceptors (Lipinski definition) is 4. The van der Waals surface area contributed by atoms with Gasteiger partial charge in [-0.15, -0.1) is 0 Å². The molecule has 164 valence electrons. The van der Waals surface area contributed by atoms with Crippen molar-refractivity contribution in [3.8, 4) is 0 Å². The fourth-order valence-corrected chi connectivity index (χ4v) is 3.85. The highest BCUT2D eigenvalue weighted by molar-refractivity contribution is 5.79. The van der Waals surface area contributed by atoms with Crippen LogP contribution in [0.15, 0.2) is 34.1 Å². The second-order valence-corrected chi connectivity index (χ2v) is 7.73. The van der Waals surface area contributed by atoms with E-state index >= 15 is 0 Å². The molecule has 2 aromatic rings. The van der Waals surface area contributed by atoms with Crippen LogP contribution in [0.4, 0.5) is 5.69 Å². The molecule has 1 aromatic carbocycles. The van der Waals surface area contributed by atoms with Crippen LogP contribution in [-0.4, -0.2) is 53.5 Å². The van der Waals surface area contributed by atoms with E-state index in [2.05, 4.69) is 63.7 Å². The number of benzene rings is 1. The van der Waals surface area contributed by atoms with Gasteiger partial charge >= 0.3 is 5.69 Å². The summed E-state index contributed by atoms with van der Waals surface area (Å²) in [5.74, 6) is 1.72. The minimum absolute atomic E-state index is 0.0306. The molecule has 1 aromatic heterocycles. The molecule has 2 heterocycles. The number of hydrogen-bond donors (Lipinski definition) is 2. The summed E-state index contributed by atoms with van der Waals surface area (Å²) in [6.45, 7) is 9.12. The van der Waals surface area contributed by atoms with Gasteiger partial charge in [-0.3, -0.25) is 9.56 Å². The zero-order chi connectivity index (χ0) is 21.3. The number of likely N-dealkylation sites (N-methyl/N-ethyl adjacent to an activating group) is 1. The van der Waals surface area contributed by atoms with Gasteiger partial charge in [0.05, 0.1) is 0 Å². The SMILES string of the molecule is CCN(CCNC(=NC)NCCCn1nc2n(c1=O)CCCC2)c1cccc(C)c1. The van der Waals surface area contributed by atoms with Gasteiger partial charge in [0.2, 0.25) is 0 Å². The summed E-state index contributed by atoms with van der Waals surface area (Å²) in [7, 11) is 1.78. The number of rotatable bonds is 9. The maximum absolute atomic E-state index is 12.4. The van der Waals surface area contributed by atoms with Gasteiger partial charge in [-0.2, -0.15) is 5.10 Å². The second kappa shape index (κ2) is 10.8. The van der Waals surface area contributed by atoms with Crippen LogP contribution >= 0.6 is 0 Å². The molecule has 0 atom stereocenters. The van der Waals surface area contributed by atoms with Gasteiger partial charge in [0, 0.05) is 58.4 Å². The van der Waals surface area contributed by atoms with Gasteiger partial charge < -0.3 is 15.5 Å². The van der Waals surface area contributed by atoms with E-state index < -0.39 is 0 Å². The topological polar surface area (TPSA) is 79.5 Å². The average molecular weight is 414 g/mol. The van der Waals surface area contributed by atoms with Crippen molar-refractivity contribution in [2.24, 2.45) is 4.99 Å². The lowest BCUT2D eigenvalue weighted by Crippen LogP contribution is -2.42. The summed E-state index contributed by atoms with van der Waals surface area (Å²) < 4.78 is 3.44. The number of nitrogens with one attached hydrogen (secondary N) is 2. The first kappa shape index (κ1) is 21.9. The number of aromatic nitrogens is 3. The molecule has 30 heavy (non-hydrogen) atoms. The number of anilines is 1. The summed E-state index contributed by atoms with van der Waals surface area (Å²) in [4.78, 5) is 19.0. The molecule has 0 saturated carbocycles. The first-order valence-corrected chi connectivity index (χ1v) is 11.0. The summed E-state index contributed by atoms with van der Waals surface area (Å²) in [6.07, 6.45) is 3.93. The van der Waals surface area contributed by atoms with E-state index in [-0.39, 0.29) is 5.69 Å². The molecular weight excluding hydrogens is 378 g/mol. The number of aliphatic imine (C=N–C) groups is 1. The van der Waals surface area contributed by atoms with Crippen LogP contribution in [0.5, 0.6) is 0 Å². The van der Waals surface area contributed by atoms with Crippen LogP contribution < -0.4 is 21.2 Å². The van der Waals surface area contributed by atoms with Crippen molar-refractivity contribution in [1.82, 2.24) is 25.0 Å². The molecule has 0 amide bonds. The van der Waals surface area contributed by atoms with Crippen molar-refractivity contribution in [3.05, 3.63) is 46.1 Å². The van der Waals surface area contributed by atoms with Gasteiger partial charge in [0.15, 0.2) is 5.96 Å². The zero-order valence-corrected chi connectivity index (χ0v) is 18.5. The molecular formula is C22H35N7O. The van der Waals surface area contributed by atoms with Gasteiger partial charge in [-0.05, 0) is 50.8 Å². The molecule has 8 heteroatoms. The summed E-state index contributed by atoms with van der Waals surface area (Å²) in [6, 6.07) is 8.59. The Morgan fingerprint density at radius 2 is 2.10 bits per heavy atom. The van der Waals surface area contributed by atoms with Crippen molar-refractivity contribution in [2.75, 3.05) is 38.1 Å². The smallest absolute Gasteiger partial charge is 0.345 e. The van der Waals surface area contributed by atoms with E-state index in [1.54, 1.807) is 11.7 Å². The van der Waals surface area contributed by atoms with Crippen LogP contribution in [0.1, 0.15) is 37.6 Å². The first-order valence-electron chi connectivity index (χ1n) is 11.0. The molecule has 0 radical (unpaired) electrons. The van der Waals surface area contributed by atoms with Gasteiger partial charge in [-0.1, -0.05) is 12.1 Å². The quantitative estimate of drug-likeness (QED) is 0.372. The Labute approximate surface area is 179 Å². The van der Waals surface area contributed by atoms with Gasteiger partial charge in [0.1, 0.15) is 5.82 Å². The Kier molecular flexibility index (Phi) is 7.93. The normalized spacial score (nSPS) is 13.8. The van der Waals surface area contributed by atoms with E-state index in [0.29, 0.717) is 6.54 Å². The van der Waals surface area contributed by atoms with Crippen molar-refractivity contribution in [1.29, 1.82) is 0 Å². The van der Waals surface area contributed by atoms with Crippen molar-refractivity contribution in [2.45, 2.75) is 52.6 Å². The lowest BCUT2D eigenvalue weighted by molar-refractivity contribution is 0.509. The first-order chi connectivity index (χ1) is 14.6. The largest absolute Gasteiger partial charge is 0.370 e. The van der Waals surface area contributed by atoms with Crippen LogP contribution in [0.2, 0.25) is 0 Å². The molecule has 1 aliphatic heterocycles. The molecule has 0 spiro atoms. The molecule has 0 fully saturated rings. The lowest BCUT2D eigenvalue weighted by atomic mass is 10.2. The van der Waals surface area contributed by atoms with Crippen LogP contribution in [-0.2, 0) is 19.5 Å². The highest BCUT2D eigenvalue weighted by atomic mass is 16.2. The van der Waals surface area contributed by atoms with Crippen LogP contribution in [0.3, 0.4) is 0 Å². The fourth-order valence-electron chi connectivity index (χ4n) is 3.85. The molecule has 1 aliphatic rings. The van der Waals surface area contributed by atoms with Crippen LogP contribution in [0.25, 0.3) is 0 Å². The Bertz CT molecular complexity index is 899. The number of fused-ring (bicyclic) bond motifs is 1. The third-order valence-corrected chi connectivity index (χ3v) is 5.52. The average Bonchev–Trinajstić information content (AvgIpc) is 3.08. The molecule has 0 saturated heterocycles. The van der Waals surface area contributed by atoms with Gasteiger partial charge in [-0.25, -0.2) is 9.48 Å². The lowest BCUT2D eigenvalue weighted by Gasteiger charge is -2.24. The summed E-state index contributed by atoms with van der Waals surface area (Å²) in [5, 5.41) is 11.2. The third kappa shape index (κ3) is 5.64. The molecule has 0 aliphatic carbocycles. The Hall–Kier alpha value is -2.77. The monoisotopic (exact) mass is 413 g/mol. The predicted octanol–water partition coefficient (Wildman–Crippen LogP) is 1.77. The molecule has 0 unspecified atom stereocenters. The minimum Gasteiger partial charge on any atom is -0.370 e. The third-order valence-electron chi connectivity index (χ3n) is 5.52. The second-order valence-electron chi connectivity index (χ2n) is 7.73. The zero-order valence-electron chi connectivity index (χ0n) is 18.5. The molecule has 8 nitrogen and oxygen atoms in total. The molecule has 3 rings (SSSR count). The molecule has 0 bridgehead atoms. The van der Waals surface area contributed by atoms with Gasteiger partial charge in [0.25, 0.3) is 0 Å². The maximum atomic E-state index is 12.4. The van der Waals surface area contributed by atoms with E-state index in [0.717, 1.165) is 70.2 Å². The van der Waals surface area contributed by atoms with E-state index in [9.17, 15) is 4.79 Å². The fraction of sp³-hybridized carbons (Fsp3) is 0.591. The highest BCUT2D eigenvalue weighted by Crippen LogP contribution is 2.15. The van der Waals surface area contributed by atoms with E-state index in [4.69, 9.17) is 0 Å². The molecule has 2 N–H and O–H groups in total. The highest BCUT2D eigenvalue weighted by Gasteiger charge is 2.16. The van der Waals surface area contributed by atoms with E-state index in [1.165, 1.54) is 11.3 Å². The Balaban J connectivity index is 1.40. The standard InChI is InChI=1S/C22H35N7O/c1-4-27(19-10-7-9-18(2)17-19)16-13-25-21(23-3)24-12-8-15-29-22(30)28-14-6-5-11-20(28)26-29/h7,9-10,17H,4-6,8,11-16H2,1-3H3,(H2,23,24,25). The van der Waals surface area contributed by atoms with Crippen molar-refractivity contribution in [3.63, 3.8) is 0 Å². The predicted molar refractivity (Wildman–Crippen MR) is 122 cm³/mol. The summed E-state index contributed by atoms with van der Waals surface area (Å²) in [5.41, 5.74) is 2.55. The number of aryl methyl sites for hydroxylation is 3. The Morgan fingerprint density at radius 3 is 2.83 bits per heavy atom. The number of nitrogens with zero attached hydrogens (tertiary/aromatic N) is 5. The minimum atomic E-state index is 0.0306. The summed E-state index contributed by atoms with van der Waals surface area (Å²) >= 11 is 0. The maximum Gasteiger partial charge on any atom is 0.345 e. The van der Waals surface area contributed by atoms with Crippen molar-refractivity contribution < 1.29 is 0 Å².